The van der Waals surface area contributed by atoms with Crippen molar-refractivity contribution < 1.29 is 43.3 Å². The third kappa shape index (κ3) is 15.3. The molecule has 0 aromatic carbocycles. The molecule has 2 amide bonds. The second-order valence-electron chi connectivity index (χ2n) is 14.2. The van der Waals surface area contributed by atoms with Crippen LogP contribution in [0.3, 0.4) is 0 Å². The first-order valence-electron chi connectivity index (χ1n) is 19.2. The molecule has 2 bridgehead atoms. The highest BCUT2D eigenvalue weighted by Gasteiger charge is 2.33. The Morgan fingerprint density at radius 2 is 1.62 bits per heavy atom. The Morgan fingerprint density at radius 1 is 0.981 bits per heavy atom. The number of nitrogens with one attached hydrogen (secondary N) is 1. The van der Waals surface area contributed by atoms with E-state index in [1.54, 1.807) is 38.2 Å². The standard InChI is InChI=1S/C41H65N3O9/c1-9-10-11-12-13-14-15-16-17-18-22-52-44-33-26-32-37(46)31(39(33)51-8)23-27(2)24-35(50-7)36(45)29(4)25-30(5)38(53-41(42)48)34(49-6)21-19-20-28(3)40(47)43-32/h19-21,25-27,29,34-36,38,45H,9-18,22-24H2,1-8H3,(H2,42,48)(H,43,47)/b21-19-,28-20+,30-25+,44-33-/t27-,29+,34+,35+,36-,38+/m1/s1. The average Bonchev–Trinajstić information content (AvgIpc) is 3.12. The van der Waals surface area contributed by atoms with Crippen LogP contribution in [-0.4, -0.2) is 81.0 Å². The molecule has 1 aliphatic heterocycles. The Bertz CT molecular complexity index is 1380. The normalized spacial score (nSPS) is 28.3. The highest BCUT2D eigenvalue weighted by molar-refractivity contribution is 6.24. The number of fused-ring (bicyclic) bond motifs is 2. The van der Waals surface area contributed by atoms with E-state index in [0.717, 1.165) is 19.3 Å². The van der Waals surface area contributed by atoms with Crippen molar-refractivity contribution in [3.63, 3.8) is 0 Å². The third-order valence-electron chi connectivity index (χ3n) is 9.71. The van der Waals surface area contributed by atoms with Gasteiger partial charge in [-0.25, -0.2) is 4.79 Å². The summed E-state index contributed by atoms with van der Waals surface area (Å²) in [6.45, 7) is 9.80. The van der Waals surface area contributed by atoms with E-state index >= 15 is 0 Å². The number of nitrogens with two attached hydrogens (primary N) is 1. The van der Waals surface area contributed by atoms with E-state index in [0.29, 0.717) is 35.5 Å². The van der Waals surface area contributed by atoms with Crippen molar-refractivity contribution >= 4 is 23.5 Å². The first-order chi connectivity index (χ1) is 25.4. The molecule has 1 heterocycles. The summed E-state index contributed by atoms with van der Waals surface area (Å²) in [7, 11) is 4.46. The number of ketones is 1. The zero-order chi connectivity index (χ0) is 39.3. The number of allylic oxidation sites excluding steroid dienone is 4. The van der Waals surface area contributed by atoms with Gasteiger partial charge in [0, 0.05) is 31.3 Å². The Hall–Kier alpha value is -3.74. The summed E-state index contributed by atoms with van der Waals surface area (Å²) in [4.78, 5) is 44.9. The minimum atomic E-state index is -0.986. The zero-order valence-electron chi connectivity index (χ0n) is 33.3. The molecule has 2 aliphatic rings. The number of hydrogen-bond acceptors (Lipinski definition) is 10. The number of hydrogen-bond donors (Lipinski definition) is 3. The van der Waals surface area contributed by atoms with Gasteiger partial charge in [0.25, 0.3) is 5.91 Å². The molecule has 0 unspecified atom stereocenters. The highest BCUT2D eigenvalue weighted by Crippen LogP contribution is 2.30. The van der Waals surface area contributed by atoms with Crippen LogP contribution >= 0.6 is 0 Å². The van der Waals surface area contributed by atoms with Crippen molar-refractivity contribution in [3.8, 4) is 0 Å². The van der Waals surface area contributed by atoms with E-state index in [1.165, 1.54) is 72.4 Å². The number of carbonyl (C=O) groups excluding carboxylic acids is 3. The van der Waals surface area contributed by atoms with E-state index in [1.807, 2.05) is 13.8 Å². The number of aliphatic hydroxyl groups excluding tert-OH is 1. The van der Waals surface area contributed by atoms with Gasteiger partial charge in [-0.2, -0.15) is 0 Å². The summed E-state index contributed by atoms with van der Waals surface area (Å²) >= 11 is 0. The van der Waals surface area contributed by atoms with Crippen LogP contribution in [0.5, 0.6) is 0 Å². The molecule has 0 aromatic heterocycles. The summed E-state index contributed by atoms with van der Waals surface area (Å²) in [6, 6.07) is 0. The molecule has 2 rings (SSSR count). The van der Waals surface area contributed by atoms with Crippen LogP contribution in [-0.2, 0) is 33.4 Å². The fourth-order valence-corrected chi connectivity index (χ4v) is 6.63. The minimum absolute atomic E-state index is 0.0374. The van der Waals surface area contributed by atoms with E-state index < -0.39 is 48.1 Å². The quantitative estimate of drug-likeness (QED) is 0.0645. The monoisotopic (exact) mass is 743 g/mol. The molecule has 12 heteroatoms. The minimum Gasteiger partial charge on any atom is -0.494 e. The number of rotatable bonds is 16. The topological polar surface area (TPSA) is 168 Å². The molecule has 1 aliphatic carbocycles. The molecule has 53 heavy (non-hydrogen) atoms. The van der Waals surface area contributed by atoms with Crippen LogP contribution in [0, 0.1) is 11.8 Å². The Labute approximate surface area is 316 Å². The summed E-state index contributed by atoms with van der Waals surface area (Å²) in [5, 5.41) is 18.5. The molecule has 0 aromatic rings. The van der Waals surface area contributed by atoms with E-state index in [9.17, 15) is 19.5 Å². The van der Waals surface area contributed by atoms with Gasteiger partial charge in [0.2, 0.25) is 5.78 Å². The van der Waals surface area contributed by atoms with Crippen LogP contribution < -0.4 is 11.1 Å². The van der Waals surface area contributed by atoms with Crippen LogP contribution in [0.1, 0.15) is 112 Å². The van der Waals surface area contributed by atoms with Crippen LogP contribution in [0.4, 0.5) is 4.79 Å². The first-order valence-corrected chi connectivity index (χ1v) is 19.2. The van der Waals surface area contributed by atoms with Crippen LogP contribution in [0.15, 0.2) is 63.7 Å². The van der Waals surface area contributed by atoms with Gasteiger partial charge in [-0.3, -0.25) is 9.59 Å². The SMILES string of the molecule is CCCCCCCCCCCCO/N=C1/C=C2NC(=O)/C(C)=C/C=C\[C@H](OC)[C@@H](OC(N)=O)/C(C)=C/[C@H](C)[C@@H](O)[C@@H](OC)C[C@H](C)CC(=C1OC)C2=O. The van der Waals surface area contributed by atoms with E-state index in [4.69, 9.17) is 29.5 Å². The Kier molecular flexibility index (Phi) is 21.0. The molecule has 0 saturated carbocycles. The molecule has 4 N–H and O–H groups in total. The summed E-state index contributed by atoms with van der Waals surface area (Å²) < 4.78 is 22.6. The van der Waals surface area contributed by atoms with Gasteiger partial charge in [-0.1, -0.05) is 102 Å². The molecular weight excluding hydrogens is 678 g/mol. The number of methoxy groups -OCH3 is 3. The number of amides is 2. The van der Waals surface area contributed by atoms with Gasteiger partial charge in [-0.05, 0) is 57.1 Å². The zero-order valence-corrected chi connectivity index (χ0v) is 33.3. The maximum Gasteiger partial charge on any atom is 0.405 e. The first kappa shape index (κ1) is 45.4. The number of unbranched alkanes of at least 4 members (excludes halogenated alkanes) is 9. The fraction of sp³-hybridized carbons (Fsp3) is 0.659. The predicted octanol–water partition coefficient (Wildman–Crippen LogP) is 7.13. The van der Waals surface area contributed by atoms with Gasteiger partial charge in [0.05, 0.1) is 25.0 Å². The fourth-order valence-electron chi connectivity index (χ4n) is 6.63. The maximum atomic E-state index is 14.0. The van der Waals surface area contributed by atoms with Crippen molar-refractivity contribution in [3.05, 3.63) is 58.6 Å². The third-order valence-corrected chi connectivity index (χ3v) is 9.71. The number of primary amides is 1. The van der Waals surface area contributed by atoms with E-state index in [2.05, 4.69) is 17.4 Å². The second kappa shape index (κ2) is 24.6. The molecule has 0 saturated heterocycles. The number of carbonyl (C=O) groups is 3. The summed E-state index contributed by atoms with van der Waals surface area (Å²) in [5.41, 5.74) is 6.98. The lowest BCUT2D eigenvalue weighted by molar-refractivity contribution is -0.119. The number of Topliss-reactive ketones (excluding diaryl/α,β-unsaturated/α-hetero) is 1. The molecule has 298 valence electrons. The molecule has 6 atom stereocenters. The molecular formula is C41H65N3O9. The van der Waals surface area contributed by atoms with Gasteiger partial charge in [0.15, 0.2) is 11.9 Å². The lowest BCUT2D eigenvalue weighted by Gasteiger charge is -2.30. The highest BCUT2D eigenvalue weighted by atomic mass is 16.6. The average molecular weight is 744 g/mol. The van der Waals surface area contributed by atoms with Crippen LogP contribution in [0.2, 0.25) is 0 Å². The van der Waals surface area contributed by atoms with Crippen molar-refractivity contribution in [2.24, 2.45) is 22.7 Å². The molecule has 0 fully saturated rings. The number of nitrogens with zero attached hydrogens (tertiary/aromatic N) is 1. The second-order valence-corrected chi connectivity index (χ2v) is 14.2. The predicted molar refractivity (Wildman–Crippen MR) is 207 cm³/mol. The Balaban J connectivity index is 2.41. The van der Waals surface area contributed by atoms with Crippen molar-refractivity contribution in [1.29, 1.82) is 0 Å². The number of aliphatic hydroxyl groups is 1. The van der Waals surface area contributed by atoms with Crippen molar-refractivity contribution in [2.75, 3.05) is 27.9 Å². The van der Waals surface area contributed by atoms with E-state index in [-0.39, 0.29) is 23.8 Å². The van der Waals surface area contributed by atoms with Gasteiger partial charge in [0.1, 0.15) is 18.4 Å². The maximum absolute atomic E-state index is 14.0. The van der Waals surface area contributed by atoms with Gasteiger partial charge < -0.3 is 39.9 Å². The number of ether oxygens (including phenoxy) is 4. The van der Waals surface area contributed by atoms with Crippen LogP contribution in [0.25, 0.3) is 0 Å². The smallest absolute Gasteiger partial charge is 0.405 e. The summed E-state index contributed by atoms with van der Waals surface area (Å²) in [5.74, 6) is -1.22. The van der Waals surface area contributed by atoms with Crippen molar-refractivity contribution in [1.82, 2.24) is 5.32 Å². The molecule has 12 nitrogen and oxygen atoms in total. The summed E-state index contributed by atoms with van der Waals surface area (Å²) in [6.07, 6.45) is 16.5. The van der Waals surface area contributed by atoms with Gasteiger partial charge in [-0.15, -0.1) is 0 Å². The molecule has 0 radical (unpaired) electrons. The molecule has 0 spiro atoms. The number of oxime groups is 1. The lowest BCUT2D eigenvalue weighted by Crippen LogP contribution is -2.37. The Morgan fingerprint density at radius 3 is 2.21 bits per heavy atom. The lowest BCUT2D eigenvalue weighted by atomic mass is 9.85. The van der Waals surface area contributed by atoms with Gasteiger partial charge >= 0.3 is 6.09 Å². The van der Waals surface area contributed by atoms with Crippen molar-refractivity contribution in [2.45, 2.75) is 136 Å². The largest absolute Gasteiger partial charge is 0.494 e.